The summed E-state index contributed by atoms with van der Waals surface area (Å²) in [6, 6.07) is 42.4. The number of hydrogen-bond donors (Lipinski definition) is 0. The van der Waals surface area contributed by atoms with Crippen LogP contribution >= 0.6 is 19.0 Å². The van der Waals surface area contributed by atoms with E-state index in [0.717, 1.165) is 11.9 Å². The summed E-state index contributed by atoms with van der Waals surface area (Å²) in [5.74, 6) is 1.03. The van der Waals surface area contributed by atoms with Crippen LogP contribution in [0.15, 0.2) is 115 Å². The molecule has 4 aromatic rings. The third kappa shape index (κ3) is 4.65. The van der Waals surface area contributed by atoms with Gasteiger partial charge in [-0.3, -0.25) is 0 Å². The monoisotopic (exact) mass is 448 g/mol. The van der Waals surface area contributed by atoms with Crippen molar-refractivity contribution in [1.29, 1.82) is 0 Å². The SMILES string of the molecule is CSCc1ccccc1[P+](Cc1ccccc1)(c1ccccc1)c1ccccc1.[Cl-]. The molecule has 3 heteroatoms. The molecule has 0 aliphatic rings. The van der Waals surface area contributed by atoms with Crippen molar-refractivity contribution in [2.75, 3.05) is 6.26 Å². The molecule has 0 spiro atoms. The lowest BCUT2D eigenvalue weighted by Crippen LogP contribution is -3.00. The predicted molar refractivity (Wildman–Crippen MR) is 133 cm³/mol. The highest BCUT2D eigenvalue weighted by Gasteiger charge is 2.46. The van der Waals surface area contributed by atoms with Crippen LogP contribution in [-0.4, -0.2) is 6.26 Å². The first-order chi connectivity index (χ1) is 14.3. The summed E-state index contributed by atoms with van der Waals surface area (Å²) in [7, 11) is -1.86. The topological polar surface area (TPSA) is 0 Å². The Morgan fingerprint density at radius 2 is 1.07 bits per heavy atom. The highest BCUT2D eigenvalue weighted by Crippen LogP contribution is 2.58. The number of rotatable bonds is 7. The van der Waals surface area contributed by atoms with Crippen LogP contribution in [0.5, 0.6) is 0 Å². The second-order valence-electron chi connectivity index (χ2n) is 7.19. The summed E-state index contributed by atoms with van der Waals surface area (Å²) in [5.41, 5.74) is 2.85. The number of hydrogen-bond acceptors (Lipinski definition) is 1. The van der Waals surface area contributed by atoms with Gasteiger partial charge in [-0.1, -0.05) is 84.9 Å². The van der Waals surface area contributed by atoms with E-state index in [0.29, 0.717) is 0 Å². The normalized spacial score (nSPS) is 11.0. The van der Waals surface area contributed by atoms with E-state index in [1.54, 1.807) is 0 Å². The van der Waals surface area contributed by atoms with E-state index in [1.165, 1.54) is 27.0 Å². The molecule has 0 aromatic heterocycles. The third-order valence-electron chi connectivity index (χ3n) is 5.36. The van der Waals surface area contributed by atoms with Gasteiger partial charge in [0.25, 0.3) is 0 Å². The van der Waals surface area contributed by atoms with E-state index in [-0.39, 0.29) is 12.4 Å². The Morgan fingerprint density at radius 1 is 0.600 bits per heavy atom. The predicted octanol–water partition coefficient (Wildman–Crippen LogP) is 3.05. The van der Waals surface area contributed by atoms with Crippen molar-refractivity contribution in [3.8, 4) is 0 Å². The minimum atomic E-state index is -1.86. The van der Waals surface area contributed by atoms with Crippen molar-refractivity contribution in [3.63, 3.8) is 0 Å². The van der Waals surface area contributed by atoms with Gasteiger partial charge in [0.15, 0.2) is 0 Å². The summed E-state index contributed by atoms with van der Waals surface area (Å²) in [6.45, 7) is 0. The van der Waals surface area contributed by atoms with Gasteiger partial charge in [0.05, 0.1) is 6.16 Å². The van der Waals surface area contributed by atoms with E-state index >= 15 is 0 Å². The highest BCUT2D eigenvalue weighted by atomic mass is 35.5. The zero-order valence-electron chi connectivity index (χ0n) is 17.1. The fraction of sp³-hybridized carbons (Fsp3) is 0.111. The Balaban J connectivity index is 0.00000256. The van der Waals surface area contributed by atoms with E-state index < -0.39 is 7.26 Å². The maximum atomic E-state index is 2.38. The first-order valence-electron chi connectivity index (χ1n) is 9.95. The van der Waals surface area contributed by atoms with Crippen LogP contribution in [-0.2, 0) is 11.9 Å². The van der Waals surface area contributed by atoms with Crippen LogP contribution in [0, 0.1) is 0 Å². The zero-order valence-corrected chi connectivity index (χ0v) is 19.6. The van der Waals surface area contributed by atoms with Gasteiger partial charge in [-0.25, -0.2) is 0 Å². The second kappa shape index (κ2) is 10.8. The van der Waals surface area contributed by atoms with Gasteiger partial charge >= 0.3 is 0 Å². The van der Waals surface area contributed by atoms with Gasteiger partial charge in [-0.15, -0.1) is 0 Å². The lowest BCUT2D eigenvalue weighted by atomic mass is 10.2. The van der Waals surface area contributed by atoms with E-state index in [4.69, 9.17) is 0 Å². The minimum Gasteiger partial charge on any atom is -1.00 e. The lowest BCUT2D eigenvalue weighted by Gasteiger charge is -2.29. The first kappa shape index (κ1) is 22.6. The van der Waals surface area contributed by atoms with Gasteiger partial charge in [-0.2, -0.15) is 11.8 Å². The molecule has 0 radical (unpaired) electrons. The first-order valence-corrected chi connectivity index (χ1v) is 13.3. The molecule has 4 rings (SSSR count). The molecule has 152 valence electrons. The molecular weight excluding hydrogens is 423 g/mol. The molecule has 0 heterocycles. The average Bonchev–Trinajstić information content (AvgIpc) is 2.80. The Kier molecular flexibility index (Phi) is 8.16. The molecule has 0 saturated carbocycles. The number of thioether (sulfide) groups is 1. The fourth-order valence-electron chi connectivity index (χ4n) is 4.08. The second-order valence-corrected chi connectivity index (χ2v) is 11.5. The van der Waals surface area contributed by atoms with Crippen molar-refractivity contribution in [2.45, 2.75) is 11.9 Å². The summed E-state index contributed by atoms with van der Waals surface area (Å²) < 4.78 is 0. The van der Waals surface area contributed by atoms with Gasteiger partial charge in [0, 0.05) is 11.3 Å². The van der Waals surface area contributed by atoms with Crippen molar-refractivity contribution < 1.29 is 12.4 Å². The van der Waals surface area contributed by atoms with Crippen molar-refractivity contribution in [3.05, 3.63) is 126 Å². The Bertz CT molecular complexity index is 996. The molecule has 0 nitrogen and oxygen atoms in total. The highest BCUT2D eigenvalue weighted by molar-refractivity contribution is 7.98. The summed E-state index contributed by atoms with van der Waals surface area (Å²) >= 11 is 1.90. The van der Waals surface area contributed by atoms with Gasteiger partial charge in [0.1, 0.15) is 23.2 Å². The maximum absolute atomic E-state index is 2.38. The quantitative estimate of drug-likeness (QED) is 0.392. The Hall–Kier alpha value is -2.05. The lowest BCUT2D eigenvalue weighted by molar-refractivity contribution is -0.00000568. The minimum absolute atomic E-state index is 0. The molecule has 0 aliphatic heterocycles. The van der Waals surface area contributed by atoms with Crippen LogP contribution in [0.3, 0.4) is 0 Å². The van der Waals surface area contributed by atoms with Crippen molar-refractivity contribution >= 4 is 34.9 Å². The van der Waals surface area contributed by atoms with Gasteiger partial charge < -0.3 is 12.4 Å². The van der Waals surface area contributed by atoms with Crippen LogP contribution < -0.4 is 28.3 Å². The Labute approximate surface area is 191 Å². The van der Waals surface area contributed by atoms with Gasteiger partial charge in [0.2, 0.25) is 0 Å². The average molecular weight is 449 g/mol. The number of halogens is 1. The molecule has 0 amide bonds. The summed E-state index contributed by atoms with van der Waals surface area (Å²) in [6.07, 6.45) is 3.23. The molecule has 0 saturated heterocycles. The van der Waals surface area contributed by atoms with Gasteiger partial charge in [-0.05, 0) is 42.2 Å². The molecule has 0 bridgehead atoms. The molecule has 0 fully saturated rings. The molecule has 30 heavy (non-hydrogen) atoms. The molecule has 0 unspecified atom stereocenters. The van der Waals surface area contributed by atoms with Crippen LogP contribution in [0.4, 0.5) is 0 Å². The zero-order chi connectivity index (χ0) is 19.9. The number of benzene rings is 4. The fourth-order valence-corrected chi connectivity index (χ4v) is 9.24. The molecule has 0 aliphatic carbocycles. The maximum Gasteiger partial charge on any atom is 0.116 e. The largest absolute Gasteiger partial charge is 1.00 e. The molecule has 0 atom stereocenters. The van der Waals surface area contributed by atoms with Crippen molar-refractivity contribution in [2.24, 2.45) is 0 Å². The molecule has 4 aromatic carbocycles. The smallest absolute Gasteiger partial charge is 0.116 e. The third-order valence-corrected chi connectivity index (χ3v) is 10.4. The van der Waals surface area contributed by atoms with E-state index in [2.05, 4.69) is 122 Å². The summed E-state index contributed by atoms with van der Waals surface area (Å²) in [5, 5.41) is 4.41. The standard InChI is InChI=1S/C27H26PS.ClH/c1-29-22-24-15-11-12-20-27(24)28(25-16-7-3-8-17-25,26-18-9-4-10-19-26)21-23-13-5-2-6-14-23;/h2-20H,21-22H2,1H3;1H/q+1;/p-1. The van der Waals surface area contributed by atoms with Crippen LogP contribution in [0.25, 0.3) is 0 Å². The van der Waals surface area contributed by atoms with E-state index in [9.17, 15) is 0 Å². The van der Waals surface area contributed by atoms with Crippen LogP contribution in [0.2, 0.25) is 0 Å². The van der Waals surface area contributed by atoms with Crippen LogP contribution in [0.1, 0.15) is 11.1 Å². The Morgan fingerprint density at radius 3 is 1.60 bits per heavy atom. The van der Waals surface area contributed by atoms with E-state index in [1.807, 2.05) is 11.8 Å². The molecular formula is C27H26ClPS. The molecule has 0 N–H and O–H groups in total. The summed E-state index contributed by atoms with van der Waals surface area (Å²) in [4.78, 5) is 0. The van der Waals surface area contributed by atoms with Crippen molar-refractivity contribution in [1.82, 2.24) is 0 Å².